The fourth-order valence-corrected chi connectivity index (χ4v) is 3.78. The summed E-state index contributed by atoms with van der Waals surface area (Å²) in [6, 6.07) is 11.3. The summed E-state index contributed by atoms with van der Waals surface area (Å²) in [5.41, 5.74) is 14.8. The summed E-state index contributed by atoms with van der Waals surface area (Å²) in [6.45, 7) is 3.10. The van der Waals surface area contributed by atoms with Gasteiger partial charge in [0.2, 0.25) is 0 Å². The summed E-state index contributed by atoms with van der Waals surface area (Å²) in [6.07, 6.45) is 0.757. The van der Waals surface area contributed by atoms with Gasteiger partial charge >= 0.3 is 0 Å². The van der Waals surface area contributed by atoms with Crippen molar-refractivity contribution in [2.24, 2.45) is 5.73 Å². The van der Waals surface area contributed by atoms with E-state index in [1.54, 1.807) is 29.8 Å². The number of rotatable bonds is 6. The van der Waals surface area contributed by atoms with Gasteiger partial charge in [-0.25, -0.2) is 9.07 Å². The number of hydrogen-bond donors (Lipinski definition) is 3. The molecule has 9 heteroatoms. The van der Waals surface area contributed by atoms with E-state index < -0.39 is 11.7 Å². The minimum absolute atomic E-state index is 0.0392. The minimum Gasteiger partial charge on any atom is -0.383 e. The van der Waals surface area contributed by atoms with Crippen LogP contribution in [0.2, 0.25) is 0 Å². The molecule has 2 amide bonds. The molecular formula is C23H24FN5O3. The van der Waals surface area contributed by atoms with Crippen molar-refractivity contribution in [2.45, 2.75) is 25.9 Å². The van der Waals surface area contributed by atoms with E-state index in [-0.39, 0.29) is 29.9 Å². The quantitative estimate of drug-likeness (QED) is 0.547. The number of aryl methyl sites for hydroxylation is 1. The van der Waals surface area contributed by atoms with Crippen LogP contribution in [0.15, 0.2) is 42.5 Å². The molecule has 1 aromatic heterocycles. The van der Waals surface area contributed by atoms with Crippen LogP contribution in [0.3, 0.4) is 0 Å². The third-order valence-corrected chi connectivity index (χ3v) is 5.57. The maximum absolute atomic E-state index is 13.5. The number of hydrogen-bond acceptors (Lipinski definition) is 5. The maximum Gasteiger partial charge on any atom is 0.254 e. The van der Waals surface area contributed by atoms with Gasteiger partial charge in [0.1, 0.15) is 22.9 Å². The Labute approximate surface area is 184 Å². The van der Waals surface area contributed by atoms with Gasteiger partial charge in [0, 0.05) is 24.3 Å². The molecule has 166 valence electrons. The average Bonchev–Trinajstić information content (AvgIpc) is 3.42. The fraction of sp³-hybridized carbons (Fsp3) is 0.261. The van der Waals surface area contributed by atoms with Gasteiger partial charge in [0.15, 0.2) is 0 Å². The molecule has 0 bridgehead atoms. The highest BCUT2D eigenvalue weighted by Crippen LogP contribution is 2.31. The molecule has 2 heterocycles. The third-order valence-electron chi connectivity index (χ3n) is 5.57. The number of aromatic nitrogens is 2. The second kappa shape index (κ2) is 8.80. The molecule has 1 atom stereocenters. The van der Waals surface area contributed by atoms with Crippen molar-refractivity contribution in [3.05, 3.63) is 70.5 Å². The zero-order valence-corrected chi connectivity index (χ0v) is 17.6. The highest BCUT2D eigenvalue weighted by Gasteiger charge is 2.27. The van der Waals surface area contributed by atoms with Crippen LogP contribution in [0, 0.1) is 12.7 Å². The van der Waals surface area contributed by atoms with Crippen LogP contribution in [-0.4, -0.2) is 34.8 Å². The Balaban J connectivity index is 1.52. The van der Waals surface area contributed by atoms with Gasteiger partial charge in [0.25, 0.3) is 11.8 Å². The lowest BCUT2D eigenvalue weighted by atomic mass is 10.0. The molecule has 0 aliphatic carbocycles. The van der Waals surface area contributed by atoms with Crippen LogP contribution in [0.5, 0.6) is 0 Å². The molecular weight excluding hydrogens is 413 g/mol. The molecule has 8 nitrogen and oxygen atoms in total. The number of carbonyl (C=O) groups excluding carboxylic acids is 2. The van der Waals surface area contributed by atoms with E-state index >= 15 is 0 Å². The van der Waals surface area contributed by atoms with Crippen LogP contribution < -0.4 is 16.8 Å². The van der Waals surface area contributed by atoms with E-state index in [2.05, 4.69) is 10.4 Å². The number of nitrogens with two attached hydrogens (primary N) is 2. The SMILES string of the molecule is Cc1ccc(F)cc1C(=O)NCc1ccc(-c2nn(C3CCOC3)c(N)c2C(N)=O)cc1. The molecule has 2 aromatic carbocycles. The topological polar surface area (TPSA) is 125 Å². The first-order valence-corrected chi connectivity index (χ1v) is 10.2. The number of benzene rings is 2. The number of nitrogens with one attached hydrogen (secondary N) is 1. The van der Waals surface area contributed by atoms with Crippen LogP contribution in [0.4, 0.5) is 10.2 Å². The number of halogens is 1. The summed E-state index contributed by atoms with van der Waals surface area (Å²) in [7, 11) is 0. The zero-order valence-electron chi connectivity index (χ0n) is 17.6. The molecule has 1 aliphatic heterocycles. The maximum atomic E-state index is 13.5. The van der Waals surface area contributed by atoms with Crippen molar-refractivity contribution in [1.82, 2.24) is 15.1 Å². The first-order chi connectivity index (χ1) is 15.3. The van der Waals surface area contributed by atoms with Crippen molar-refractivity contribution < 1.29 is 18.7 Å². The lowest BCUT2D eigenvalue weighted by Crippen LogP contribution is -2.23. The van der Waals surface area contributed by atoms with E-state index in [0.717, 1.165) is 12.0 Å². The Bertz CT molecular complexity index is 1170. The number of nitrogens with zero attached hydrogens (tertiary/aromatic N) is 2. The van der Waals surface area contributed by atoms with Gasteiger partial charge in [-0.1, -0.05) is 30.3 Å². The van der Waals surface area contributed by atoms with Crippen LogP contribution in [0.25, 0.3) is 11.3 Å². The second-order valence-corrected chi connectivity index (χ2v) is 7.77. The summed E-state index contributed by atoms with van der Waals surface area (Å²) < 4.78 is 20.5. The molecule has 0 spiro atoms. The summed E-state index contributed by atoms with van der Waals surface area (Å²) in [4.78, 5) is 24.5. The standard InChI is InChI=1S/C23H24FN5O3/c1-13-2-7-16(24)10-18(13)23(31)27-11-14-3-5-15(6-4-14)20-19(22(26)30)21(25)29(28-20)17-8-9-32-12-17/h2-7,10,17H,8-9,11-12,25H2,1H3,(H2,26,30)(H,27,31). The Morgan fingerprint density at radius 3 is 2.66 bits per heavy atom. The van der Waals surface area contributed by atoms with Gasteiger partial charge in [-0.05, 0) is 36.6 Å². The molecule has 3 aromatic rings. The Morgan fingerprint density at radius 2 is 2.00 bits per heavy atom. The molecule has 0 radical (unpaired) electrons. The van der Waals surface area contributed by atoms with E-state index in [0.29, 0.717) is 35.6 Å². The van der Waals surface area contributed by atoms with E-state index in [9.17, 15) is 14.0 Å². The molecule has 5 N–H and O–H groups in total. The van der Waals surface area contributed by atoms with Crippen LogP contribution in [-0.2, 0) is 11.3 Å². The Kier molecular flexibility index (Phi) is 5.91. The summed E-state index contributed by atoms with van der Waals surface area (Å²) in [5.74, 6) is -1.24. The lowest BCUT2D eigenvalue weighted by molar-refractivity contribution is 0.0948. The van der Waals surface area contributed by atoms with Gasteiger partial charge < -0.3 is 21.5 Å². The summed E-state index contributed by atoms with van der Waals surface area (Å²) in [5, 5.41) is 7.34. The molecule has 1 unspecified atom stereocenters. The van der Waals surface area contributed by atoms with Crippen LogP contribution >= 0.6 is 0 Å². The Morgan fingerprint density at radius 1 is 1.25 bits per heavy atom. The lowest BCUT2D eigenvalue weighted by Gasteiger charge is -2.10. The third kappa shape index (κ3) is 4.19. The normalized spacial score (nSPS) is 15.6. The number of nitrogen functional groups attached to an aromatic ring is 1. The number of primary amides is 1. The van der Waals surface area contributed by atoms with Crippen molar-refractivity contribution in [2.75, 3.05) is 18.9 Å². The summed E-state index contributed by atoms with van der Waals surface area (Å²) >= 11 is 0. The number of carbonyl (C=O) groups is 2. The number of anilines is 1. The van der Waals surface area contributed by atoms with Gasteiger partial charge in [-0.2, -0.15) is 5.10 Å². The first kappa shape index (κ1) is 21.5. The van der Waals surface area contributed by atoms with E-state index in [1.807, 2.05) is 12.1 Å². The largest absolute Gasteiger partial charge is 0.383 e. The van der Waals surface area contributed by atoms with Crippen molar-refractivity contribution in [1.29, 1.82) is 0 Å². The van der Waals surface area contributed by atoms with Gasteiger partial charge in [-0.3, -0.25) is 9.59 Å². The van der Waals surface area contributed by atoms with Crippen LogP contribution in [0.1, 0.15) is 44.3 Å². The first-order valence-electron chi connectivity index (χ1n) is 10.2. The molecule has 0 saturated carbocycles. The van der Waals surface area contributed by atoms with Gasteiger partial charge in [-0.15, -0.1) is 0 Å². The zero-order chi connectivity index (χ0) is 22.8. The smallest absolute Gasteiger partial charge is 0.254 e. The molecule has 1 aliphatic rings. The van der Waals surface area contributed by atoms with Crippen molar-refractivity contribution >= 4 is 17.6 Å². The highest BCUT2D eigenvalue weighted by atomic mass is 19.1. The van der Waals surface area contributed by atoms with E-state index in [1.165, 1.54) is 12.1 Å². The predicted octanol–water partition coefficient (Wildman–Crippen LogP) is 2.57. The van der Waals surface area contributed by atoms with Crippen molar-refractivity contribution in [3.63, 3.8) is 0 Å². The average molecular weight is 437 g/mol. The molecule has 1 saturated heterocycles. The number of ether oxygens (including phenoxy) is 1. The fourth-order valence-electron chi connectivity index (χ4n) is 3.78. The second-order valence-electron chi connectivity index (χ2n) is 7.77. The predicted molar refractivity (Wildman–Crippen MR) is 117 cm³/mol. The molecule has 4 rings (SSSR count). The van der Waals surface area contributed by atoms with Crippen molar-refractivity contribution in [3.8, 4) is 11.3 Å². The minimum atomic E-state index is -0.649. The Hall–Kier alpha value is -3.72. The molecule has 1 fully saturated rings. The van der Waals surface area contributed by atoms with Gasteiger partial charge in [0.05, 0.1) is 12.6 Å². The molecule has 32 heavy (non-hydrogen) atoms. The van der Waals surface area contributed by atoms with E-state index in [4.69, 9.17) is 16.2 Å². The monoisotopic (exact) mass is 437 g/mol. The number of amides is 2. The highest BCUT2D eigenvalue weighted by molar-refractivity contribution is 6.03.